The van der Waals surface area contributed by atoms with E-state index in [0.29, 0.717) is 19.5 Å². The van der Waals surface area contributed by atoms with Gasteiger partial charge in [0, 0.05) is 25.4 Å². The SMILES string of the molecule is CCCCC(=O)N(CC)CC(C)C(N)=NO. The first-order valence-corrected chi connectivity index (χ1v) is 5.81. The maximum Gasteiger partial charge on any atom is 0.222 e. The number of amidine groups is 1. The summed E-state index contributed by atoms with van der Waals surface area (Å²) in [4.78, 5) is 13.5. The van der Waals surface area contributed by atoms with Crippen molar-refractivity contribution in [3.63, 3.8) is 0 Å². The minimum atomic E-state index is -0.115. The number of carbonyl (C=O) groups is 1. The molecule has 5 heteroatoms. The highest BCUT2D eigenvalue weighted by atomic mass is 16.4. The van der Waals surface area contributed by atoms with Crippen LogP contribution in [0.15, 0.2) is 5.16 Å². The second kappa shape index (κ2) is 7.96. The van der Waals surface area contributed by atoms with Crippen molar-refractivity contribution >= 4 is 11.7 Å². The number of nitrogens with zero attached hydrogens (tertiary/aromatic N) is 2. The van der Waals surface area contributed by atoms with Crippen LogP contribution in [-0.2, 0) is 4.79 Å². The Labute approximate surface area is 97.3 Å². The van der Waals surface area contributed by atoms with Gasteiger partial charge in [0.15, 0.2) is 0 Å². The summed E-state index contributed by atoms with van der Waals surface area (Å²) in [6, 6.07) is 0. The van der Waals surface area contributed by atoms with Gasteiger partial charge in [0.1, 0.15) is 5.84 Å². The van der Waals surface area contributed by atoms with Gasteiger partial charge in [0.05, 0.1) is 0 Å². The molecule has 16 heavy (non-hydrogen) atoms. The number of nitrogens with two attached hydrogens (primary N) is 1. The number of oxime groups is 1. The first-order valence-electron chi connectivity index (χ1n) is 5.81. The van der Waals surface area contributed by atoms with Gasteiger partial charge in [0.25, 0.3) is 0 Å². The molecule has 0 aromatic rings. The molecule has 0 spiro atoms. The molecular weight excluding hydrogens is 206 g/mol. The monoisotopic (exact) mass is 229 g/mol. The van der Waals surface area contributed by atoms with Crippen molar-refractivity contribution in [2.45, 2.75) is 40.0 Å². The van der Waals surface area contributed by atoms with Gasteiger partial charge < -0.3 is 15.8 Å². The Balaban J connectivity index is 4.23. The summed E-state index contributed by atoms with van der Waals surface area (Å²) < 4.78 is 0. The van der Waals surface area contributed by atoms with E-state index in [4.69, 9.17) is 10.9 Å². The lowest BCUT2D eigenvalue weighted by molar-refractivity contribution is -0.131. The van der Waals surface area contributed by atoms with Gasteiger partial charge in [0.2, 0.25) is 5.91 Å². The van der Waals surface area contributed by atoms with Crippen molar-refractivity contribution in [1.29, 1.82) is 0 Å². The van der Waals surface area contributed by atoms with Crippen molar-refractivity contribution in [2.75, 3.05) is 13.1 Å². The van der Waals surface area contributed by atoms with E-state index in [1.165, 1.54) is 0 Å². The van der Waals surface area contributed by atoms with E-state index in [1.54, 1.807) is 4.90 Å². The first kappa shape index (κ1) is 14.7. The van der Waals surface area contributed by atoms with Crippen molar-refractivity contribution in [3.05, 3.63) is 0 Å². The summed E-state index contributed by atoms with van der Waals surface area (Å²) in [5, 5.41) is 11.5. The van der Waals surface area contributed by atoms with Crippen LogP contribution in [0.2, 0.25) is 0 Å². The van der Waals surface area contributed by atoms with Crippen LogP contribution in [0.25, 0.3) is 0 Å². The number of unbranched alkanes of at least 4 members (excludes halogenated alkanes) is 1. The Morgan fingerprint density at radius 1 is 1.50 bits per heavy atom. The summed E-state index contributed by atoms with van der Waals surface area (Å²) in [6.07, 6.45) is 2.50. The van der Waals surface area contributed by atoms with Gasteiger partial charge in [-0.3, -0.25) is 4.79 Å². The highest BCUT2D eigenvalue weighted by Crippen LogP contribution is 2.05. The molecule has 3 N–H and O–H groups in total. The summed E-state index contributed by atoms with van der Waals surface area (Å²) >= 11 is 0. The van der Waals surface area contributed by atoms with Gasteiger partial charge in [-0.15, -0.1) is 0 Å². The minimum absolute atomic E-state index is 0.115. The molecule has 0 saturated carbocycles. The number of hydrogen-bond acceptors (Lipinski definition) is 3. The lowest BCUT2D eigenvalue weighted by Gasteiger charge is -2.24. The van der Waals surface area contributed by atoms with E-state index in [1.807, 2.05) is 13.8 Å². The summed E-state index contributed by atoms with van der Waals surface area (Å²) in [5.41, 5.74) is 5.48. The quantitative estimate of drug-likeness (QED) is 0.300. The fourth-order valence-corrected chi connectivity index (χ4v) is 1.42. The van der Waals surface area contributed by atoms with Gasteiger partial charge in [-0.05, 0) is 13.3 Å². The van der Waals surface area contributed by atoms with E-state index in [9.17, 15) is 4.79 Å². The van der Waals surface area contributed by atoms with Crippen molar-refractivity contribution in [2.24, 2.45) is 16.8 Å². The van der Waals surface area contributed by atoms with Crippen molar-refractivity contribution < 1.29 is 10.0 Å². The molecule has 0 aromatic heterocycles. The third-order valence-corrected chi connectivity index (χ3v) is 2.59. The zero-order chi connectivity index (χ0) is 12.6. The average molecular weight is 229 g/mol. The highest BCUT2D eigenvalue weighted by Gasteiger charge is 2.16. The molecule has 0 aliphatic heterocycles. The van der Waals surface area contributed by atoms with Crippen LogP contribution < -0.4 is 5.73 Å². The van der Waals surface area contributed by atoms with E-state index >= 15 is 0 Å². The van der Waals surface area contributed by atoms with Crippen molar-refractivity contribution in [3.8, 4) is 0 Å². The van der Waals surface area contributed by atoms with Gasteiger partial charge in [-0.2, -0.15) is 0 Å². The predicted molar refractivity (Wildman–Crippen MR) is 64.4 cm³/mol. The minimum Gasteiger partial charge on any atom is -0.409 e. The summed E-state index contributed by atoms with van der Waals surface area (Å²) in [5.74, 6) is 0.194. The zero-order valence-corrected chi connectivity index (χ0v) is 10.4. The molecule has 0 aromatic carbocycles. The number of rotatable bonds is 7. The Morgan fingerprint density at radius 3 is 2.56 bits per heavy atom. The average Bonchev–Trinajstić information content (AvgIpc) is 2.31. The molecule has 0 fully saturated rings. The molecule has 0 aliphatic rings. The maximum absolute atomic E-state index is 11.8. The molecule has 0 heterocycles. The third kappa shape index (κ3) is 5.00. The lowest BCUT2D eigenvalue weighted by Crippen LogP contribution is -2.38. The summed E-state index contributed by atoms with van der Waals surface area (Å²) in [7, 11) is 0. The van der Waals surface area contributed by atoms with Crippen LogP contribution in [0, 0.1) is 5.92 Å². The largest absolute Gasteiger partial charge is 0.409 e. The van der Waals surface area contributed by atoms with E-state index in [0.717, 1.165) is 12.8 Å². The van der Waals surface area contributed by atoms with Gasteiger partial charge in [-0.1, -0.05) is 25.4 Å². The van der Waals surface area contributed by atoms with Gasteiger partial charge >= 0.3 is 0 Å². The van der Waals surface area contributed by atoms with Crippen LogP contribution in [-0.4, -0.2) is 34.9 Å². The normalized spacial score (nSPS) is 13.6. The first-order chi connectivity index (χ1) is 7.56. The standard InChI is InChI=1S/C11H23N3O2/c1-4-6-7-10(15)14(5-2)8-9(3)11(12)13-16/h9,16H,4-8H2,1-3H3,(H2,12,13). The Morgan fingerprint density at radius 2 is 2.12 bits per heavy atom. The molecule has 1 amide bonds. The maximum atomic E-state index is 11.8. The molecule has 5 nitrogen and oxygen atoms in total. The lowest BCUT2D eigenvalue weighted by atomic mass is 10.1. The molecule has 0 radical (unpaired) electrons. The van der Waals surface area contributed by atoms with E-state index in [-0.39, 0.29) is 17.7 Å². The molecule has 1 atom stereocenters. The zero-order valence-electron chi connectivity index (χ0n) is 10.4. The molecule has 0 rings (SSSR count). The Hall–Kier alpha value is -1.26. The number of hydrogen-bond donors (Lipinski definition) is 2. The van der Waals surface area contributed by atoms with Crippen LogP contribution >= 0.6 is 0 Å². The predicted octanol–water partition coefficient (Wildman–Crippen LogP) is 1.41. The fraction of sp³-hybridized carbons (Fsp3) is 0.818. The fourth-order valence-electron chi connectivity index (χ4n) is 1.42. The van der Waals surface area contributed by atoms with Crippen LogP contribution in [0.4, 0.5) is 0 Å². The van der Waals surface area contributed by atoms with Crippen LogP contribution in [0.5, 0.6) is 0 Å². The molecule has 0 saturated heterocycles. The van der Waals surface area contributed by atoms with E-state index in [2.05, 4.69) is 12.1 Å². The molecule has 1 unspecified atom stereocenters. The smallest absolute Gasteiger partial charge is 0.222 e. The second-order valence-electron chi connectivity index (χ2n) is 3.96. The van der Waals surface area contributed by atoms with Crippen LogP contribution in [0.1, 0.15) is 40.0 Å². The number of amides is 1. The molecule has 0 aliphatic carbocycles. The molecule has 94 valence electrons. The van der Waals surface area contributed by atoms with Crippen LogP contribution in [0.3, 0.4) is 0 Å². The molecule has 0 bridgehead atoms. The topological polar surface area (TPSA) is 78.9 Å². The summed E-state index contributed by atoms with van der Waals surface area (Å²) in [6.45, 7) is 7.00. The molecular formula is C11H23N3O2. The Kier molecular flexibility index (Phi) is 7.33. The Bertz CT molecular complexity index is 241. The van der Waals surface area contributed by atoms with E-state index < -0.39 is 0 Å². The third-order valence-electron chi connectivity index (χ3n) is 2.59. The van der Waals surface area contributed by atoms with Crippen molar-refractivity contribution in [1.82, 2.24) is 4.90 Å². The highest BCUT2D eigenvalue weighted by molar-refractivity contribution is 5.83. The second-order valence-corrected chi connectivity index (χ2v) is 3.96. The van der Waals surface area contributed by atoms with Gasteiger partial charge in [-0.25, -0.2) is 0 Å². The number of carbonyl (C=O) groups excluding carboxylic acids is 1.